The highest BCUT2D eigenvalue weighted by molar-refractivity contribution is 7.99. The lowest BCUT2D eigenvalue weighted by molar-refractivity contribution is -0.117. The molecule has 1 aliphatic carbocycles. The van der Waals surface area contributed by atoms with Crippen LogP contribution in [0.25, 0.3) is 10.2 Å². The zero-order chi connectivity index (χ0) is 18.7. The van der Waals surface area contributed by atoms with Gasteiger partial charge in [-0.2, -0.15) is 0 Å². The predicted octanol–water partition coefficient (Wildman–Crippen LogP) is 1.27. The molecule has 2 heterocycles. The first-order chi connectivity index (χ1) is 12.5. The Morgan fingerprint density at radius 3 is 2.96 bits per heavy atom. The number of hydrogen-bond acceptors (Lipinski definition) is 7. The van der Waals surface area contributed by atoms with Crippen LogP contribution >= 0.6 is 23.1 Å². The molecule has 0 aromatic carbocycles. The summed E-state index contributed by atoms with van der Waals surface area (Å²) in [4.78, 5) is 42.1. The number of carbonyl (C=O) groups excluding carboxylic acids is 2. The van der Waals surface area contributed by atoms with Gasteiger partial charge in [-0.15, -0.1) is 11.3 Å². The van der Waals surface area contributed by atoms with Crippen LogP contribution < -0.4 is 16.6 Å². The zero-order valence-corrected chi connectivity index (χ0v) is 16.0. The minimum Gasteiger partial charge on any atom is -0.385 e. The van der Waals surface area contributed by atoms with Gasteiger partial charge >= 0.3 is 6.03 Å². The first-order valence-electron chi connectivity index (χ1n) is 8.27. The molecular weight excluding hydrogens is 376 g/mol. The highest BCUT2D eigenvalue weighted by Gasteiger charge is 2.23. The molecule has 0 saturated heterocycles. The van der Waals surface area contributed by atoms with E-state index in [1.807, 2.05) is 5.32 Å². The van der Waals surface area contributed by atoms with Crippen LogP contribution in [-0.4, -0.2) is 41.0 Å². The number of thioether (sulfide) groups is 1. The number of nitrogens with one attached hydrogen (secondary N) is 1. The molecule has 2 aromatic heterocycles. The van der Waals surface area contributed by atoms with Crippen LogP contribution in [0.3, 0.4) is 0 Å². The van der Waals surface area contributed by atoms with Crippen LogP contribution in [0.4, 0.5) is 4.79 Å². The number of fused-ring (bicyclic) bond motifs is 3. The van der Waals surface area contributed by atoms with Crippen LogP contribution in [0.15, 0.2) is 9.95 Å². The Morgan fingerprint density at radius 2 is 2.23 bits per heavy atom. The average molecular weight is 396 g/mol. The molecule has 0 atom stereocenters. The van der Waals surface area contributed by atoms with Crippen molar-refractivity contribution in [2.75, 3.05) is 19.5 Å². The molecule has 1 aliphatic rings. The van der Waals surface area contributed by atoms with Gasteiger partial charge in [0.2, 0.25) is 5.91 Å². The summed E-state index contributed by atoms with van der Waals surface area (Å²) in [6.45, 7) is 0.985. The maximum absolute atomic E-state index is 13.1. The number of urea groups is 1. The van der Waals surface area contributed by atoms with Crippen molar-refractivity contribution in [3.8, 4) is 0 Å². The van der Waals surface area contributed by atoms with Crippen LogP contribution in [0.5, 0.6) is 0 Å². The van der Waals surface area contributed by atoms with E-state index >= 15 is 0 Å². The van der Waals surface area contributed by atoms with E-state index in [0.717, 1.165) is 41.4 Å². The number of hydrogen-bond donors (Lipinski definition) is 2. The van der Waals surface area contributed by atoms with Crippen LogP contribution in [0.2, 0.25) is 0 Å². The van der Waals surface area contributed by atoms with Crippen LogP contribution in [-0.2, 0) is 28.9 Å². The van der Waals surface area contributed by atoms with Crippen molar-refractivity contribution in [3.63, 3.8) is 0 Å². The number of aromatic nitrogens is 2. The standard InChI is InChI=1S/C16H20N4O4S2/c1-24-7-3-6-20-14(22)12-9-4-2-5-10(9)26-13(12)19-16(20)25-8-11(21)18-15(17)23/h2-8H2,1H3,(H3,17,18,21,23). The number of thiophene rings is 1. The van der Waals surface area contributed by atoms with Crippen LogP contribution in [0.1, 0.15) is 23.3 Å². The third-order valence-corrected chi connectivity index (χ3v) is 6.28. The molecule has 0 radical (unpaired) electrons. The summed E-state index contributed by atoms with van der Waals surface area (Å²) in [5.41, 5.74) is 6.01. The van der Waals surface area contributed by atoms with E-state index in [0.29, 0.717) is 30.1 Å². The van der Waals surface area contributed by atoms with Crippen molar-refractivity contribution in [3.05, 3.63) is 20.8 Å². The third kappa shape index (κ3) is 3.92. The second kappa shape index (κ2) is 8.19. The highest BCUT2D eigenvalue weighted by Crippen LogP contribution is 2.35. The van der Waals surface area contributed by atoms with Gasteiger partial charge < -0.3 is 10.5 Å². The number of primary amides is 1. The number of rotatable bonds is 7. The molecule has 3 amide bonds. The first kappa shape index (κ1) is 18.9. The van der Waals surface area contributed by atoms with Crippen molar-refractivity contribution in [2.24, 2.45) is 5.73 Å². The van der Waals surface area contributed by atoms with Crippen molar-refractivity contribution in [1.82, 2.24) is 14.9 Å². The normalized spacial score (nSPS) is 13.1. The number of amides is 3. The maximum atomic E-state index is 13.1. The number of imide groups is 1. The lowest BCUT2D eigenvalue weighted by Gasteiger charge is -2.12. The van der Waals surface area contributed by atoms with E-state index in [1.54, 1.807) is 23.0 Å². The number of methoxy groups -OCH3 is 1. The number of aryl methyl sites for hydroxylation is 2. The fourth-order valence-corrected chi connectivity index (χ4v) is 5.16. The Hall–Kier alpha value is -1.91. The molecule has 0 aliphatic heterocycles. The Kier molecular flexibility index (Phi) is 5.94. The van der Waals surface area contributed by atoms with Gasteiger partial charge in [-0.25, -0.2) is 9.78 Å². The predicted molar refractivity (Wildman–Crippen MR) is 101 cm³/mol. The quantitative estimate of drug-likeness (QED) is 0.414. The second-order valence-corrected chi connectivity index (χ2v) is 7.96. The van der Waals surface area contributed by atoms with E-state index in [9.17, 15) is 14.4 Å². The summed E-state index contributed by atoms with van der Waals surface area (Å²) >= 11 is 2.68. The van der Waals surface area contributed by atoms with Crippen LogP contribution in [0, 0.1) is 0 Å². The Balaban J connectivity index is 1.94. The Labute approximate surface area is 158 Å². The number of nitrogens with two attached hydrogens (primary N) is 1. The number of ether oxygens (including phenoxy) is 1. The van der Waals surface area contributed by atoms with Gasteiger partial charge in [0.15, 0.2) is 5.16 Å². The van der Waals surface area contributed by atoms with Crippen molar-refractivity contribution >= 4 is 45.3 Å². The summed E-state index contributed by atoms with van der Waals surface area (Å²) in [7, 11) is 1.61. The van der Waals surface area contributed by atoms with E-state index in [-0.39, 0.29) is 11.3 Å². The number of carbonyl (C=O) groups is 2. The SMILES string of the molecule is COCCCn1c(SCC(=O)NC(N)=O)nc2sc3c(c2c1=O)CCC3. The minimum absolute atomic E-state index is 0.0454. The van der Waals surface area contributed by atoms with Crippen molar-refractivity contribution in [2.45, 2.75) is 37.4 Å². The van der Waals surface area contributed by atoms with Gasteiger partial charge in [0.25, 0.3) is 5.56 Å². The van der Waals surface area contributed by atoms with Crippen molar-refractivity contribution < 1.29 is 14.3 Å². The summed E-state index contributed by atoms with van der Waals surface area (Å²) in [6.07, 6.45) is 3.64. The molecule has 3 rings (SSSR count). The van der Waals surface area contributed by atoms with E-state index in [4.69, 9.17) is 10.5 Å². The van der Waals surface area contributed by atoms with E-state index in [2.05, 4.69) is 4.98 Å². The average Bonchev–Trinajstić information content (AvgIpc) is 3.15. The minimum atomic E-state index is -0.897. The molecule has 0 saturated carbocycles. The number of nitrogens with zero attached hydrogens (tertiary/aromatic N) is 2. The van der Waals surface area contributed by atoms with Crippen molar-refractivity contribution in [1.29, 1.82) is 0 Å². The van der Waals surface area contributed by atoms with E-state index < -0.39 is 11.9 Å². The van der Waals surface area contributed by atoms with Gasteiger partial charge in [0.05, 0.1) is 11.1 Å². The summed E-state index contributed by atoms with van der Waals surface area (Å²) in [5.74, 6) is -0.565. The lowest BCUT2D eigenvalue weighted by Crippen LogP contribution is -2.36. The Morgan fingerprint density at radius 1 is 1.42 bits per heavy atom. The van der Waals surface area contributed by atoms with Gasteiger partial charge in [-0.05, 0) is 31.2 Å². The fourth-order valence-electron chi connectivity index (χ4n) is 3.04. The van der Waals surface area contributed by atoms with Gasteiger partial charge in [0, 0.05) is 25.1 Å². The molecular formula is C16H20N4O4S2. The smallest absolute Gasteiger partial charge is 0.318 e. The molecule has 140 valence electrons. The third-order valence-electron chi connectivity index (χ3n) is 4.11. The molecule has 10 heteroatoms. The molecule has 0 unspecified atom stereocenters. The molecule has 0 spiro atoms. The summed E-state index contributed by atoms with van der Waals surface area (Å²) < 4.78 is 6.68. The fraction of sp³-hybridized carbons (Fsp3) is 0.500. The van der Waals surface area contributed by atoms with E-state index in [1.165, 1.54) is 4.88 Å². The summed E-state index contributed by atoms with van der Waals surface area (Å²) in [5, 5.41) is 3.20. The van der Waals surface area contributed by atoms with Gasteiger partial charge in [-0.1, -0.05) is 11.8 Å². The molecule has 8 nitrogen and oxygen atoms in total. The topological polar surface area (TPSA) is 116 Å². The largest absolute Gasteiger partial charge is 0.385 e. The summed E-state index contributed by atoms with van der Waals surface area (Å²) in [6, 6.07) is -0.897. The highest BCUT2D eigenvalue weighted by atomic mass is 32.2. The second-order valence-electron chi connectivity index (χ2n) is 5.94. The van der Waals surface area contributed by atoms with Gasteiger partial charge in [-0.3, -0.25) is 19.5 Å². The molecule has 0 bridgehead atoms. The molecule has 3 N–H and O–H groups in total. The Bertz CT molecular complexity index is 906. The lowest BCUT2D eigenvalue weighted by atomic mass is 10.2. The monoisotopic (exact) mass is 396 g/mol. The maximum Gasteiger partial charge on any atom is 0.318 e. The van der Waals surface area contributed by atoms with Gasteiger partial charge in [0.1, 0.15) is 4.83 Å². The zero-order valence-electron chi connectivity index (χ0n) is 14.4. The molecule has 2 aromatic rings. The first-order valence-corrected chi connectivity index (χ1v) is 10.1. The molecule has 0 fully saturated rings. The molecule has 26 heavy (non-hydrogen) atoms.